The lowest BCUT2D eigenvalue weighted by atomic mass is 9.89. The van der Waals surface area contributed by atoms with Gasteiger partial charge < -0.3 is 19.2 Å². The SMILES string of the molecule is CSCCOC(=O)c1ccc(C(=O)O)cc1-c1c2ccc(=[N+](C)C)cc-2oc2cc(N(C)C)ccc12. The van der Waals surface area contributed by atoms with Crippen LogP contribution in [0, 0.1) is 0 Å². The highest BCUT2D eigenvalue weighted by molar-refractivity contribution is 7.98. The number of thioether (sulfide) groups is 1. The first-order chi connectivity index (χ1) is 17.2. The summed E-state index contributed by atoms with van der Waals surface area (Å²) < 4.78 is 13.9. The Morgan fingerprint density at radius 1 is 1.03 bits per heavy atom. The van der Waals surface area contributed by atoms with Crippen molar-refractivity contribution in [1.29, 1.82) is 0 Å². The fraction of sp³-hybridized carbons (Fsp3) is 0.250. The van der Waals surface area contributed by atoms with Crippen molar-refractivity contribution in [3.63, 3.8) is 0 Å². The second-order valence-electron chi connectivity index (χ2n) is 8.82. The van der Waals surface area contributed by atoms with E-state index in [1.54, 1.807) is 17.8 Å². The molecule has 7 nitrogen and oxygen atoms in total. The normalized spacial score (nSPS) is 11.0. The van der Waals surface area contributed by atoms with Crippen molar-refractivity contribution in [2.24, 2.45) is 0 Å². The maximum Gasteiger partial charge on any atom is 0.338 e. The summed E-state index contributed by atoms with van der Waals surface area (Å²) in [6.07, 6.45) is 1.94. The van der Waals surface area contributed by atoms with E-state index in [4.69, 9.17) is 9.15 Å². The Kier molecular flexibility index (Phi) is 7.35. The number of esters is 1. The Bertz CT molecular complexity index is 1500. The van der Waals surface area contributed by atoms with E-state index in [0.29, 0.717) is 28.2 Å². The van der Waals surface area contributed by atoms with Crippen LogP contribution < -0.4 is 14.8 Å². The van der Waals surface area contributed by atoms with Gasteiger partial charge in [-0.2, -0.15) is 11.8 Å². The van der Waals surface area contributed by atoms with Gasteiger partial charge in [0.05, 0.1) is 17.2 Å². The zero-order valence-electron chi connectivity index (χ0n) is 21.0. The average molecular weight is 506 g/mol. The number of benzene rings is 3. The first-order valence-corrected chi connectivity index (χ1v) is 12.8. The summed E-state index contributed by atoms with van der Waals surface area (Å²) in [7, 11) is 7.80. The molecule has 0 radical (unpaired) electrons. The van der Waals surface area contributed by atoms with E-state index in [1.165, 1.54) is 12.1 Å². The Morgan fingerprint density at radius 3 is 2.47 bits per heavy atom. The summed E-state index contributed by atoms with van der Waals surface area (Å²) in [5, 5.41) is 11.5. The number of anilines is 1. The number of carboxylic acids is 1. The number of aromatic carboxylic acids is 1. The van der Waals surface area contributed by atoms with Crippen molar-refractivity contribution in [2.45, 2.75) is 0 Å². The summed E-state index contributed by atoms with van der Waals surface area (Å²) >= 11 is 1.58. The molecule has 0 spiro atoms. The molecular weight excluding hydrogens is 476 g/mol. The van der Waals surface area contributed by atoms with Crippen LogP contribution in [0.4, 0.5) is 5.69 Å². The molecular formula is C28H29N2O5S+. The van der Waals surface area contributed by atoms with E-state index in [1.807, 2.05) is 80.3 Å². The molecule has 2 aromatic carbocycles. The molecule has 0 bridgehead atoms. The minimum Gasteiger partial charge on any atom is -0.478 e. The van der Waals surface area contributed by atoms with Crippen molar-refractivity contribution in [1.82, 2.24) is 4.58 Å². The lowest BCUT2D eigenvalue weighted by Crippen LogP contribution is -2.21. The van der Waals surface area contributed by atoms with Crippen molar-refractivity contribution in [3.8, 4) is 22.5 Å². The fourth-order valence-corrected chi connectivity index (χ4v) is 4.32. The van der Waals surface area contributed by atoms with Gasteiger partial charge in [-0.1, -0.05) is 0 Å². The number of nitrogens with zero attached hydrogens (tertiary/aromatic N) is 2. The lowest BCUT2D eigenvalue weighted by Gasteiger charge is -2.19. The molecule has 1 aliphatic carbocycles. The van der Waals surface area contributed by atoms with Gasteiger partial charge in [-0.05, 0) is 48.2 Å². The predicted octanol–water partition coefficient (Wildman–Crippen LogP) is 4.52. The molecule has 0 fully saturated rings. The fourth-order valence-electron chi connectivity index (χ4n) is 4.07. The van der Waals surface area contributed by atoms with Crippen molar-refractivity contribution in [3.05, 3.63) is 71.1 Å². The van der Waals surface area contributed by atoms with Crippen LogP contribution >= 0.6 is 11.8 Å². The van der Waals surface area contributed by atoms with Gasteiger partial charge in [0.15, 0.2) is 0 Å². The largest absolute Gasteiger partial charge is 0.478 e. The molecule has 186 valence electrons. The van der Waals surface area contributed by atoms with Gasteiger partial charge in [0.2, 0.25) is 5.36 Å². The molecule has 2 aliphatic rings. The smallest absolute Gasteiger partial charge is 0.338 e. The second kappa shape index (κ2) is 10.5. The topological polar surface area (TPSA) is 83.0 Å². The van der Waals surface area contributed by atoms with Crippen LogP contribution in [-0.2, 0) is 4.74 Å². The Balaban J connectivity index is 2.09. The third kappa shape index (κ3) is 4.95. The number of carboxylic acid groups (broad SMARTS) is 1. The number of hydrogen-bond acceptors (Lipinski definition) is 6. The first-order valence-electron chi connectivity index (χ1n) is 11.4. The monoisotopic (exact) mass is 505 g/mol. The summed E-state index contributed by atoms with van der Waals surface area (Å²) in [5.41, 5.74) is 3.96. The average Bonchev–Trinajstić information content (AvgIpc) is 2.86. The molecule has 0 saturated carbocycles. The molecule has 0 saturated heterocycles. The molecule has 8 heteroatoms. The number of fused-ring (bicyclic) bond motifs is 2. The molecule has 0 aromatic heterocycles. The molecule has 36 heavy (non-hydrogen) atoms. The number of carbonyl (C=O) groups is 2. The molecule has 1 aliphatic heterocycles. The molecule has 0 amide bonds. The van der Waals surface area contributed by atoms with Gasteiger partial charge in [0.25, 0.3) is 0 Å². The van der Waals surface area contributed by atoms with Gasteiger partial charge in [0, 0.05) is 54.2 Å². The zero-order valence-corrected chi connectivity index (χ0v) is 21.8. The number of carbonyl (C=O) groups excluding carboxylic acids is 1. The summed E-state index contributed by atoms with van der Waals surface area (Å²) in [6.45, 7) is 0.268. The quantitative estimate of drug-likeness (QED) is 0.171. The Labute approximate surface area is 214 Å². The number of ether oxygens (including phenoxy) is 1. The molecule has 4 rings (SSSR count). The summed E-state index contributed by atoms with van der Waals surface area (Å²) in [6, 6.07) is 16.2. The van der Waals surface area contributed by atoms with E-state index >= 15 is 0 Å². The van der Waals surface area contributed by atoms with Crippen LogP contribution in [0.25, 0.3) is 33.4 Å². The van der Waals surface area contributed by atoms with Gasteiger partial charge >= 0.3 is 11.9 Å². The minimum absolute atomic E-state index is 0.0857. The highest BCUT2D eigenvalue weighted by Crippen LogP contribution is 2.42. The van der Waals surface area contributed by atoms with Crippen LogP contribution in [-0.4, -0.2) is 63.9 Å². The van der Waals surface area contributed by atoms with Crippen LogP contribution in [0.1, 0.15) is 20.7 Å². The van der Waals surface area contributed by atoms with Crippen molar-refractivity contribution < 1.29 is 23.8 Å². The summed E-state index contributed by atoms with van der Waals surface area (Å²) in [4.78, 5) is 27.0. The van der Waals surface area contributed by atoms with E-state index in [0.717, 1.165) is 27.6 Å². The van der Waals surface area contributed by atoms with Gasteiger partial charge in [-0.15, -0.1) is 0 Å². The van der Waals surface area contributed by atoms with Crippen LogP contribution in [0.2, 0.25) is 0 Å². The minimum atomic E-state index is -1.07. The molecule has 1 N–H and O–H groups in total. The third-order valence-corrected chi connectivity index (χ3v) is 6.57. The molecule has 0 atom stereocenters. The van der Waals surface area contributed by atoms with Gasteiger partial charge in [0.1, 0.15) is 32.0 Å². The van der Waals surface area contributed by atoms with Crippen LogP contribution in [0.3, 0.4) is 0 Å². The highest BCUT2D eigenvalue weighted by atomic mass is 32.2. The summed E-state index contributed by atoms with van der Waals surface area (Å²) in [5.74, 6) is -0.266. The van der Waals surface area contributed by atoms with Crippen molar-refractivity contribution in [2.75, 3.05) is 51.7 Å². The van der Waals surface area contributed by atoms with Gasteiger partial charge in [-0.25, -0.2) is 14.2 Å². The lowest BCUT2D eigenvalue weighted by molar-refractivity contribution is 0.0530. The van der Waals surface area contributed by atoms with E-state index in [9.17, 15) is 14.7 Å². The first kappa shape index (κ1) is 25.3. The maximum atomic E-state index is 13.1. The van der Waals surface area contributed by atoms with E-state index < -0.39 is 11.9 Å². The van der Waals surface area contributed by atoms with Crippen LogP contribution in [0.15, 0.2) is 59.0 Å². The molecule has 1 heterocycles. The van der Waals surface area contributed by atoms with E-state index in [2.05, 4.69) is 0 Å². The Hall–Kier alpha value is -3.78. The van der Waals surface area contributed by atoms with Gasteiger partial charge in [-0.3, -0.25) is 0 Å². The molecule has 2 aromatic rings. The van der Waals surface area contributed by atoms with Crippen LogP contribution in [0.5, 0.6) is 0 Å². The number of rotatable bonds is 7. The van der Waals surface area contributed by atoms with E-state index in [-0.39, 0.29) is 12.2 Å². The number of hydrogen-bond donors (Lipinski definition) is 1. The third-order valence-electron chi connectivity index (χ3n) is 6.00. The maximum absolute atomic E-state index is 13.1. The standard InChI is InChI=1S/C28H28N2O5S/c1-29(2)18-7-10-21-24(15-18)35-25-16-19(30(3)4)8-11-22(25)26(21)23-14-17(27(31)32)6-9-20(23)28(33)34-12-13-36-5/h6-11,14-16H,12-13H2,1-5H3/p+1. The second-order valence-corrected chi connectivity index (χ2v) is 9.81. The predicted molar refractivity (Wildman–Crippen MR) is 145 cm³/mol. The highest BCUT2D eigenvalue weighted by Gasteiger charge is 2.24. The zero-order chi connectivity index (χ0) is 26.0. The van der Waals surface area contributed by atoms with Crippen molar-refractivity contribution >= 4 is 40.4 Å². The Morgan fingerprint density at radius 2 is 1.81 bits per heavy atom. The molecule has 0 unspecified atom stereocenters.